The summed E-state index contributed by atoms with van der Waals surface area (Å²) in [7, 11) is -3.47. The zero-order valence-electron chi connectivity index (χ0n) is 12.6. The summed E-state index contributed by atoms with van der Waals surface area (Å²) < 4.78 is 25.8. The van der Waals surface area contributed by atoms with Crippen molar-refractivity contribution < 1.29 is 8.42 Å². The molecule has 2 aromatic carbocycles. The van der Waals surface area contributed by atoms with Gasteiger partial charge in [-0.3, -0.25) is 4.31 Å². The molecule has 6 heteroatoms. The van der Waals surface area contributed by atoms with Crippen LogP contribution in [0.15, 0.2) is 36.4 Å². The zero-order chi connectivity index (χ0) is 16.5. The topological polar surface area (TPSA) is 37.4 Å². The van der Waals surface area contributed by atoms with Gasteiger partial charge in [-0.1, -0.05) is 47.0 Å². The van der Waals surface area contributed by atoms with Crippen molar-refractivity contribution in [3.8, 4) is 0 Å². The van der Waals surface area contributed by atoms with Crippen LogP contribution in [0.2, 0.25) is 10.0 Å². The van der Waals surface area contributed by atoms with Crippen molar-refractivity contribution in [2.75, 3.05) is 10.6 Å². The van der Waals surface area contributed by atoms with Crippen molar-refractivity contribution >= 4 is 38.9 Å². The normalized spacial score (nSPS) is 11.5. The first-order chi connectivity index (χ1) is 10.2. The van der Waals surface area contributed by atoms with E-state index in [4.69, 9.17) is 23.2 Å². The largest absolute Gasteiger partial charge is 0.266 e. The van der Waals surface area contributed by atoms with Crippen molar-refractivity contribution in [1.82, 2.24) is 0 Å². The van der Waals surface area contributed by atoms with Crippen molar-refractivity contribution in [3.05, 3.63) is 63.1 Å². The molecule has 0 saturated carbocycles. The Kier molecular flexibility index (Phi) is 5.05. The average molecular weight is 358 g/mol. The summed E-state index contributed by atoms with van der Waals surface area (Å²) in [6.07, 6.45) is 1.18. The lowest BCUT2D eigenvalue weighted by molar-refractivity contribution is 0.596. The second-order valence-corrected chi connectivity index (χ2v) is 7.98. The molecule has 0 aliphatic carbocycles. The van der Waals surface area contributed by atoms with Crippen LogP contribution in [0.1, 0.15) is 16.7 Å². The molecule has 2 aromatic rings. The van der Waals surface area contributed by atoms with E-state index in [9.17, 15) is 8.42 Å². The van der Waals surface area contributed by atoms with Crippen molar-refractivity contribution in [1.29, 1.82) is 0 Å². The van der Waals surface area contributed by atoms with Gasteiger partial charge in [-0.25, -0.2) is 8.42 Å². The molecule has 0 radical (unpaired) electrons. The van der Waals surface area contributed by atoms with E-state index in [1.165, 1.54) is 10.6 Å². The molecule has 0 unspecified atom stereocenters. The highest BCUT2D eigenvalue weighted by molar-refractivity contribution is 7.92. The van der Waals surface area contributed by atoms with Crippen LogP contribution in [-0.2, 0) is 16.6 Å². The highest BCUT2D eigenvalue weighted by Gasteiger charge is 2.22. The number of benzene rings is 2. The van der Waals surface area contributed by atoms with Crippen LogP contribution in [0.5, 0.6) is 0 Å². The summed E-state index contributed by atoms with van der Waals surface area (Å²) in [5.41, 5.74) is 3.18. The summed E-state index contributed by atoms with van der Waals surface area (Å²) in [5, 5.41) is 0.900. The third-order valence-electron chi connectivity index (χ3n) is 3.38. The Morgan fingerprint density at radius 2 is 1.64 bits per heavy atom. The van der Waals surface area contributed by atoms with Gasteiger partial charge in [0.25, 0.3) is 0 Å². The van der Waals surface area contributed by atoms with Crippen LogP contribution in [0.3, 0.4) is 0 Å². The second kappa shape index (κ2) is 6.49. The van der Waals surface area contributed by atoms with Gasteiger partial charge < -0.3 is 0 Å². The molecule has 0 spiro atoms. The lowest BCUT2D eigenvalue weighted by atomic mass is 10.1. The van der Waals surface area contributed by atoms with E-state index in [2.05, 4.69) is 0 Å². The average Bonchev–Trinajstić information content (AvgIpc) is 2.38. The minimum atomic E-state index is -3.47. The molecule has 118 valence electrons. The maximum atomic E-state index is 12.2. The standard InChI is InChI=1S/C16H17Cl2NO2S/c1-11-7-8-16(12(2)9-11)19(22(3,20)21)10-13-14(17)5-4-6-15(13)18/h4-9H,10H2,1-3H3. The van der Waals surface area contributed by atoms with E-state index < -0.39 is 10.0 Å². The molecule has 0 amide bonds. The molecular formula is C16H17Cl2NO2S. The fraction of sp³-hybridized carbons (Fsp3) is 0.250. The van der Waals surface area contributed by atoms with Gasteiger partial charge in [0.1, 0.15) is 0 Å². The van der Waals surface area contributed by atoms with Gasteiger partial charge in [0.15, 0.2) is 0 Å². The minimum absolute atomic E-state index is 0.0985. The number of nitrogens with zero attached hydrogens (tertiary/aromatic N) is 1. The molecule has 0 aromatic heterocycles. The molecule has 0 bridgehead atoms. The van der Waals surface area contributed by atoms with Crippen molar-refractivity contribution in [3.63, 3.8) is 0 Å². The molecular weight excluding hydrogens is 341 g/mol. The first-order valence-corrected chi connectivity index (χ1v) is 9.28. The monoisotopic (exact) mass is 357 g/mol. The summed E-state index contributed by atoms with van der Waals surface area (Å²) in [6.45, 7) is 3.95. The number of hydrogen-bond donors (Lipinski definition) is 0. The Balaban J connectivity index is 2.53. The first kappa shape index (κ1) is 17.1. The number of aryl methyl sites for hydroxylation is 2. The molecule has 0 N–H and O–H groups in total. The zero-order valence-corrected chi connectivity index (χ0v) is 14.9. The van der Waals surface area contributed by atoms with Gasteiger partial charge in [0.2, 0.25) is 10.0 Å². The number of sulfonamides is 1. The van der Waals surface area contributed by atoms with Crippen LogP contribution >= 0.6 is 23.2 Å². The highest BCUT2D eigenvalue weighted by Crippen LogP contribution is 2.30. The quantitative estimate of drug-likeness (QED) is 0.803. The van der Waals surface area contributed by atoms with Crippen molar-refractivity contribution in [2.45, 2.75) is 20.4 Å². The number of anilines is 1. The molecule has 0 saturated heterocycles. The van der Waals surface area contributed by atoms with Gasteiger partial charge in [-0.05, 0) is 37.6 Å². The van der Waals surface area contributed by atoms with Crippen molar-refractivity contribution in [2.24, 2.45) is 0 Å². The fourth-order valence-corrected chi connectivity index (χ4v) is 3.74. The molecule has 0 fully saturated rings. The predicted molar refractivity (Wildman–Crippen MR) is 93.4 cm³/mol. The molecule has 0 aliphatic rings. The highest BCUT2D eigenvalue weighted by atomic mass is 35.5. The lowest BCUT2D eigenvalue weighted by Crippen LogP contribution is -2.30. The fourth-order valence-electron chi connectivity index (χ4n) is 2.29. The molecule has 0 aliphatic heterocycles. The number of halogens is 2. The molecule has 0 heterocycles. The van der Waals surface area contributed by atoms with Gasteiger partial charge >= 0.3 is 0 Å². The smallest absolute Gasteiger partial charge is 0.232 e. The van der Waals surface area contributed by atoms with Gasteiger partial charge in [-0.2, -0.15) is 0 Å². The van der Waals surface area contributed by atoms with E-state index in [0.29, 0.717) is 21.3 Å². The van der Waals surface area contributed by atoms with E-state index >= 15 is 0 Å². The summed E-state index contributed by atoms with van der Waals surface area (Å²) >= 11 is 12.3. The Morgan fingerprint density at radius 1 is 1.05 bits per heavy atom. The van der Waals surface area contributed by atoms with E-state index in [0.717, 1.165) is 11.1 Å². The molecule has 22 heavy (non-hydrogen) atoms. The second-order valence-electron chi connectivity index (χ2n) is 5.26. The summed E-state index contributed by atoms with van der Waals surface area (Å²) in [5.74, 6) is 0. The summed E-state index contributed by atoms with van der Waals surface area (Å²) in [6, 6.07) is 10.8. The van der Waals surface area contributed by atoms with Crippen LogP contribution in [0, 0.1) is 13.8 Å². The van der Waals surface area contributed by atoms with Crippen LogP contribution in [0.25, 0.3) is 0 Å². The van der Waals surface area contributed by atoms with E-state index in [-0.39, 0.29) is 6.54 Å². The Hall–Kier alpha value is -1.23. The predicted octanol–water partition coefficient (Wildman–Crippen LogP) is 4.58. The number of hydrogen-bond acceptors (Lipinski definition) is 2. The molecule has 2 rings (SSSR count). The van der Waals surface area contributed by atoms with Crippen LogP contribution < -0.4 is 4.31 Å². The lowest BCUT2D eigenvalue weighted by Gasteiger charge is -2.25. The Labute approximate surface area is 141 Å². The minimum Gasteiger partial charge on any atom is -0.266 e. The SMILES string of the molecule is Cc1ccc(N(Cc2c(Cl)cccc2Cl)S(C)(=O)=O)c(C)c1. The number of rotatable bonds is 4. The third-order valence-corrected chi connectivity index (χ3v) is 5.22. The van der Waals surface area contributed by atoms with E-state index in [1.54, 1.807) is 24.3 Å². The third kappa shape index (κ3) is 3.75. The van der Waals surface area contributed by atoms with Gasteiger partial charge in [-0.15, -0.1) is 0 Å². The maximum Gasteiger partial charge on any atom is 0.232 e. The van der Waals surface area contributed by atoms with Crippen LogP contribution in [-0.4, -0.2) is 14.7 Å². The Morgan fingerprint density at radius 3 is 2.14 bits per heavy atom. The van der Waals surface area contributed by atoms with E-state index in [1.807, 2.05) is 26.0 Å². The van der Waals surface area contributed by atoms with Crippen LogP contribution in [0.4, 0.5) is 5.69 Å². The summed E-state index contributed by atoms with van der Waals surface area (Å²) in [4.78, 5) is 0. The van der Waals surface area contributed by atoms with Gasteiger partial charge in [0.05, 0.1) is 18.5 Å². The van der Waals surface area contributed by atoms with Gasteiger partial charge in [0, 0.05) is 15.6 Å². The maximum absolute atomic E-state index is 12.2. The Bertz CT molecular complexity index is 784. The first-order valence-electron chi connectivity index (χ1n) is 6.68. The molecule has 0 atom stereocenters. The molecule has 3 nitrogen and oxygen atoms in total.